The van der Waals surface area contributed by atoms with Gasteiger partial charge in [0.2, 0.25) is 11.8 Å². The van der Waals surface area contributed by atoms with E-state index in [1.54, 1.807) is 11.3 Å². The van der Waals surface area contributed by atoms with E-state index in [-0.39, 0.29) is 23.8 Å². The van der Waals surface area contributed by atoms with Gasteiger partial charge >= 0.3 is 0 Å². The van der Waals surface area contributed by atoms with Crippen molar-refractivity contribution in [1.29, 1.82) is 0 Å². The molecule has 0 aliphatic carbocycles. The Morgan fingerprint density at radius 2 is 2.35 bits per heavy atom. The van der Waals surface area contributed by atoms with Crippen LogP contribution in [0.15, 0.2) is 11.4 Å². The van der Waals surface area contributed by atoms with Gasteiger partial charge in [0.25, 0.3) is 0 Å². The number of rotatable bonds is 2. The Balaban J connectivity index is 1.76. The molecule has 0 radical (unpaired) electrons. The highest BCUT2D eigenvalue weighted by molar-refractivity contribution is 7.10. The van der Waals surface area contributed by atoms with Crippen LogP contribution < -0.4 is 5.32 Å². The average molecular weight is 292 g/mol. The zero-order valence-electron chi connectivity index (χ0n) is 11.7. The summed E-state index contributed by atoms with van der Waals surface area (Å²) in [6, 6.07) is 2.38. The highest BCUT2D eigenvalue weighted by Gasteiger charge is 2.35. The van der Waals surface area contributed by atoms with Crippen molar-refractivity contribution < 1.29 is 9.59 Å². The molecule has 5 heteroatoms. The van der Waals surface area contributed by atoms with Crippen LogP contribution in [0.2, 0.25) is 0 Å². The Hall–Kier alpha value is -1.36. The predicted molar refractivity (Wildman–Crippen MR) is 78.5 cm³/mol. The lowest BCUT2D eigenvalue weighted by molar-refractivity contribution is -0.140. The molecule has 2 atom stereocenters. The van der Waals surface area contributed by atoms with E-state index in [0.29, 0.717) is 19.4 Å². The van der Waals surface area contributed by atoms with Gasteiger partial charge in [0, 0.05) is 24.4 Å². The minimum atomic E-state index is -0.0399. The molecule has 2 amide bonds. The van der Waals surface area contributed by atoms with Crippen LogP contribution in [0.5, 0.6) is 0 Å². The molecule has 4 nitrogen and oxygen atoms in total. The summed E-state index contributed by atoms with van der Waals surface area (Å²) in [6.45, 7) is 3.46. The first-order chi connectivity index (χ1) is 9.70. The normalized spacial score (nSPS) is 26.1. The molecule has 2 aliphatic heterocycles. The second kappa shape index (κ2) is 5.56. The molecule has 20 heavy (non-hydrogen) atoms. The zero-order valence-corrected chi connectivity index (χ0v) is 12.5. The molecule has 3 rings (SSSR count). The van der Waals surface area contributed by atoms with Gasteiger partial charge < -0.3 is 10.2 Å². The lowest BCUT2D eigenvalue weighted by Crippen LogP contribution is -2.47. The maximum Gasteiger partial charge on any atom is 0.228 e. The van der Waals surface area contributed by atoms with Gasteiger partial charge in [-0.15, -0.1) is 11.3 Å². The third kappa shape index (κ3) is 2.35. The highest BCUT2D eigenvalue weighted by Crippen LogP contribution is 2.36. The van der Waals surface area contributed by atoms with Crippen molar-refractivity contribution in [3.63, 3.8) is 0 Å². The molecule has 0 spiro atoms. The molecule has 108 valence electrons. The molecule has 0 aromatic carbocycles. The number of nitrogens with one attached hydrogen (secondary N) is 1. The van der Waals surface area contributed by atoms with Crippen molar-refractivity contribution in [3.05, 3.63) is 21.9 Å². The van der Waals surface area contributed by atoms with Crippen molar-refractivity contribution in [2.45, 2.75) is 38.6 Å². The van der Waals surface area contributed by atoms with Crippen LogP contribution in [0, 0.1) is 5.92 Å². The number of hydrogen-bond donors (Lipinski definition) is 1. The van der Waals surface area contributed by atoms with Crippen LogP contribution in [0.3, 0.4) is 0 Å². The fourth-order valence-electron chi connectivity index (χ4n) is 3.28. The van der Waals surface area contributed by atoms with Crippen molar-refractivity contribution in [3.8, 4) is 0 Å². The smallest absolute Gasteiger partial charge is 0.228 e. The largest absolute Gasteiger partial charge is 0.355 e. The molecule has 3 heterocycles. The summed E-state index contributed by atoms with van der Waals surface area (Å²) in [5.41, 5.74) is 1.33. The summed E-state index contributed by atoms with van der Waals surface area (Å²) in [4.78, 5) is 27.4. The summed E-state index contributed by atoms with van der Waals surface area (Å²) in [5.74, 6) is 0.246. The molecule has 0 saturated carbocycles. The van der Waals surface area contributed by atoms with Gasteiger partial charge in [-0.2, -0.15) is 0 Å². The van der Waals surface area contributed by atoms with Crippen LogP contribution in [0.4, 0.5) is 0 Å². The quantitative estimate of drug-likeness (QED) is 0.907. The minimum Gasteiger partial charge on any atom is -0.355 e. The summed E-state index contributed by atoms with van der Waals surface area (Å²) >= 11 is 1.80. The maximum atomic E-state index is 12.7. The van der Waals surface area contributed by atoms with Crippen molar-refractivity contribution in [2.24, 2.45) is 5.92 Å². The molecule has 1 N–H and O–H groups in total. The summed E-state index contributed by atoms with van der Waals surface area (Å²) in [7, 11) is 0. The van der Waals surface area contributed by atoms with E-state index in [2.05, 4.69) is 23.7 Å². The second-order valence-corrected chi connectivity index (χ2v) is 6.55. The first-order valence-corrected chi connectivity index (χ1v) is 8.22. The molecule has 1 aromatic heterocycles. The number of hydrogen-bond acceptors (Lipinski definition) is 3. The van der Waals surface area contributed by atoms with E-state index in [0.717, 1.165) is 19.4 Å². The van der Waals surface area contributed by atoms with E-state index in [1.807, 2.05) is 4.90 Å². The van der Waals surface area contributed by atoms with Crippen molar-refractivity contribution in [1.82, 2.24) is 10.2 Å². The van der Waals surface area contributed by atoms with Gasteiger partial charge in [-0.25, -0.2) is 0 Å². The third-order valence-electron chi connectivity index (χ3n) is 4.38. The fourth-order valence-corrected chi connectivity index (χ4v) is 4.21. The lowest BCUT2D eigenvalue weighted by atomic mass is 9.92. The third-order valence-corrected chi connectivity index (χ3v) is 5.38. The van der Waals surface area contributed by atoms with E-state index in [4.69, 9.17) is 0 Å². The maximum absolute atomic E-state index is 12.7. The van der Waals surface area contributed by atoms with Crippen LogP contribution in [-0.4, -0.2) is 29.8 Å². The molecular formula is C15H20N2O2S. The van der Waals surface area contributed by atoms with Crippen LogP contribution >= 0.6 is 11.3 Å². The fraction of sp³-hybridized carbons (Fsp3) is 0.600. The van der Waals surface area contributed by atoms with E-state index in [1.165, 1.54) is 10.4 Å². The van der Waals surface area contributed by atoms with Gasteiger partial charge in [-0.05, 0) is 36.3 Å². The van der Waals surface area contributed by atoms with Crippen molar-refractivity contribution >= 4 is 23.2 Å². The first-order valence-electron chi connectivity index (χ1n) is 7.34. The number of fused-ring (bicyclic) bond motifs is 1. The van der Waals surface area contributed by atoms with E-state index >= 15 is 0 Å². The Morgan fingerprint density at radius 1 is 1.50 bits per heavy atom. The highest BCUT2D eigenvalue weighted by atomic mass is 32.1. The summed E-state index contributed by atoms with van der Waals surface area (Å²) in [5, 5.41) is 4.94. The van der Waals surface area contributed by atoms with Gasteiger partial charge in [0.05, 0.1) is 12.0 Å². The Kier molecular flexibility index (Phi) is 3.78. The van der Waals surface area contributed by atoms with Gasteiger partial charge in [-0.3, -0.25) is 9.59 Å². The minimum absolute atomic E-state index is 0.0399. The molecule has 1 aromatic rings. The Morgan fingerprint density at radius 3 is 3.05 bits per heavy atom. The second-order valence-electron chi connectivity index (χ2n) is 5.54. The topological polar surface area (TPSA) is 49.4 Å². The Labute approximate surface area is 123 Å². The molecule has 2 aliphatic rings. The van der Waals surface area contributed by atoms with Gasteiger partial charge in [-0.1, -0.05) is 6.92 Å². The predicted octanol–water partition coefficient (Wildman–Crippen LogP) is 2.11. The number of nitrogens with zero attached hydrogens (tertiary/aromatic N) is 1. The molecule has 0 bridgehead atoms. The van der Waals surface area contributed by atoms with Gasteiger partial charge in [0.1, 0.15) is 0 Å². The molecule has 1 fully saturated rings. The first kappa shape index (κ1) is 13.6. The monoisotopic (exact) mass is 292 g/mol. The molecular weight excluding hydrogens is 272 g/mol. The number of amides is 2. The number of piperidine rings is 1. The summed E-state index contributed by atoms with van der Waals surface area (Å²) < 4.78 is 0. The number of carbonyl (C=O) groups is 2. The van der Waals surface area contributed by atoms with E-state index < -0.39 is 0 Å². The zero-order chi connectivity index (χ0) is 14.1. The van der Waals surface area contributed by atoms with Crippen molar-refractivity contribution in [2.75, 3.05) is 13.1 Å². The standard InChI is InChI=1S/C15H20N2O2S/c1-2-12-11-6-8-20-13(11)5-7-17(12)15(19)10-3-4-14(18)16-9-10/h6,8,10,12H,2-5,7,9H2,1H3,(H,16,18). The van der Waals surface area contributed by atoms with Crippen LogP contribution in [0.25, 0.3) is 0 Å². The molecule has 2 unspecified atom stereocenters. The summed E-state index contributed by atoms with van der Waals surface area (Å²) in [6.07, 6.45) is 3.09. The average Bonchev–Trinajstić information content (AvgIpc) is 2.94. The van der Waals surface area contributed by atoms with Crippen LogP contribution in [-0.2, 0) is 16.0 Å². The van der Waals surface area contributed by atoms with E-state index in [9.17, 15) is 9.59 Å². The van der Waals surface area contributed by atoms with Gasteiger partial charge in [0.15, 0.2) is 0 Å². The van der Waals surface area contributed by atoms with Crippen LogP contribution in [0.1, 0.15) is 42.7 Å². The molecule has 1 saturated heterocycles. The SMILES string of the molecule is CCC1c2ccsc2CCN1C(=O)C1CCC(=O)NC1. The lowest BCUT2D eigenvalue weighted by Gasteiger charge is -2.38. The number of thiophene rings is 1. The number of carbonyl (C=O) groups excluding carboxylic acids is 2. The Bertz CT molecular complexity index is 516.